The first kappa shape index (κ1) is 18.5. The number of likely N-dealkylation sites (tertiary alicyclic amines) is 1. The van der Waals surface area contributed by atoms with Gasteiger partial charge in [-0.05, 0) is 5.56 Å². The normalized spacial score (nSPS) is 21.7. The molecule has 0 N–H and O–H groups in total. The summed E-state index contributed by atoms with van der Waals surface area (Å²) < 4.78 is 14.8. The molecule has 134 valence electrons. The molecule has 1 aromatic rings. The molecular formula is C18H21NO6. The summed E-state index contributed by atoms with van der Waals surface area (Å²) in [6.07, 6.45) is -0.725. The largest absolute Gasteiger partial charge is 0.467 e. The Balaban J connectivity index is 2.23. The van der Waals surface area contributed by atoms with E-state index in [4.69, 9.17) is 9.47 Å². The molecule has 1 fully saturated rings. The van der Waals surface area contributed by atoms with Crippen LogP contribution in [0.2, 0.25) is 0 Å². The molecule has 0 spiro atoms. The average Bonchev–Trinajstić information content (AvgIpc) is 2.64. The maximum Gasteiger partial charge on any atom is 0.411 e. The summed E-state index contributed by atoms with van der Waals surface area (Å²) in [6, 6.07) is 9.13. The zero-order chi connectivity index (χ0) is 18.6. The second-order valence-corrected chi connectivity index (χ2v) is 5.78. The van der Waals surface area contributed by atoms with Crippen molar-refractivity contribution in [3.63, 3.8) is 0 Å². The summed E-state index contributed by atoms with van der Waals surface area (Å²) >= 11 is 0. The van der Waals surface area contributed by atoms with Gasteiger partial charge in [0.05, 0.1) is 19.8 Å². The first-order valence-corrected chi connectivity index (χ1v) is 7.74. The molecule has 0 aliphatic carbocycles. The SMILES string of the molecule is C=C(C(=O)OC)[C@]1(C(=O)OC)[C@@H](C)CN1C(=O)OCc1ccccc1. The number of hydrogen-bond acceptors (Lipinski definition) is 6. The number of hydrogen-bond donors (Lipinski definition) is 0. The molecule has 1 amide bonds. The predicted octanol–water partition coefficient (Wildman–Crippen LogP) is 1.92. The fraction of sp³-hybridized carbons (Fsp3) is 0.389. The smallest absolute Gasteiger partial charge is 0.411 e. The molecule has 2 atom stereocenters. The van der Waals surface area contributed by atoms with E-state index in [2.05, 4.69) is 11.3 Å². The standard InChI is InChI=1S/C18H21NO6/c1-12-10-19(17(22)25-11-14-8-6-5-7-9-14)18(12,16(21)24-4)13(2)15(20)23-3/h5-9,12H,2,10-11H2,1,3-4H3/t12-,18-/m0/s1. The zero-order valence-electron chi connectivity index (χ0n) is 14.5. The van der Waals surface area contributed by atoms with Gasteiger partial charge in [0.25, 0.3) is 0 Å². The van der Waals surface area contributed by atoms with Crippen LogP contribution >= 0.6 is 0 Å². The topological polar surface area (TPSA) is 82.1 Å². The summed E-state index contributed by atoms with van der Waals surface area (Å²) in [4.78, 5) is 38.1. The lowest BCUT2D eigenvalue weighted by molar-refractivity contribution is -0.169. The molecule has 2 rings (SSSR count). The molecule has 1 heterocycles. The lowest BCUT2D eigenvalue weighted by atomic mass is 9.70. The van der Waals surface area contributed by atoms with Crippen LogP contribution in [0.5, 0.6) is 0 Å². The van der Waals surface area contributed by atoms with Crippen LogP contribution in [0.3, 0.4) is 0 Å². The van der Waals surface area contributed by atoms with E-state index in [-0.39, 0.29) is 24.6 Å². The molecule has 25 heavy (non-hydrogen) atoms. The van der Waals surface area contributed by atoms with Crippen LogP contribution in [0.4, 0.5) is 4.79 Å². The van der Waals surface area contributed by atoms with Gasteiger partial charge in [-0.2, -0.15) is 0 Å². The van der Waals surface area contributed by atoms with Crippen molar-refractivity contribution in [3.05, 3.63) is 48.0 Å². The van der Waals surface area contributed by atoms with E-state index in [0.29, 0.717) is 0 Å². The van der Waals surface area contributed by atoms with Crippen molar-refractivity contribution in [2.75, 3.05) is 20.8 Å². The van der Waals surface area contributed by atoms with Gasteiger partial charge in [-0.25, -0.2) is 14.4 Å². The van der Waals surface area contributed by atoms with Gasteiger partial charge in [-0.3, -0.25) is 4.90 Å². The Kier molecular flexibility index (Phi) is 5.46. The number of carbonyl (C=O) groups is 3. The Morgan fingerprint density at radius 2 is 1.84 bits per heavy atom. The summed E-state index contributed by atoms with van der Waals surface area (Å²) in [5.41, 5.74) is -0.965. The summed E-state index contributed by atoms with van der Waals surface area (Å²) in [7, 11) is 2.37. The van der Waals surface area contributed by atoms with Crippen molar-refractivity contribution in [3.8, 4) is 0 Å². The minimum atomic E-state index is -1.62. The van der Waals surface area contributed by atoms with Gasteiger partial charge < -0.3 is 14.2 Å². The Morgan fingerprint density at radius 3 is 2.36 bits per heavy atom. The second-order valence-electron chi connectivity index (χ2n) is 5.78. The van der Waals surface area contributed by atoms with Crippen LogP contribution in [0.15, 0.2) is 42.5 Å². The fourth-order valence-electron chi connectivity index (χ4n) is 3.05. The third-order valence-corrected chi connectivity index (χ3v) is 4.41. The molecule has 7 heteroatoms. The van der Waals surface area contributed by atoms with Gasteiger partial charge in [-0.1, -0.05) is 43.8 Å². The Morgan fingerprint density at radius 1 is 1.20 bits per heavy atom. The molecule has 0 aromatic heterocycles. The highest BCUT2D eigenvalue weighted by molar-refractivity contribution is 6.03. The zero-order valence-corrected chi connectivity index (χ0v) is 14.5. The maximum atomic E-state index is 12.5. The van der Waals surface area contributed by atoms with E-state index in [9.17, 15) is 14.4 Å². The van der Waals surface area contributed by atoms with Gasteiger partial charge >= 0.3 is 18.0 Å². The third kappa shape index (κ3) is 3.09. The molecule has 0 radical (unpaired) electrons. The minimum absolute atomic E-state index is 0.0481. The van der Waals surface area contributed by atoms with Gasteiger partial charge in [0, 0.05) is 12.5 Å². The van der Waals surface area contributed by atoms with E-state index in [1.165, 1.54) is 14.2 Å². The molecule has 7 nitrogen and oxygen atoms in total. The van der Waals surface area contributed by atoms with Crippen LogP contribution in [0.25, 0.3) is 0 Å². The number of carbonyl (C=O) groups excluding carboxylic acids is 3. The van der Waals surface area contributed by atoms with E-state index in [1.54, 1.807) is 6.92 Å². The highest BCUT2D eigenvalue weighted by atomic mass is 16.6. The molecular weight excluding hydrogens is 326 g/mol. The van der Waals surface area contributed by atoms with Crippen molar-refractivity contribution in [1.29, 1.82) is 0 Å². The first-order valence-electron chi connectivity index (χ1n) is 7.74. The van der Waals surface area contributed by atoms with Crippen LogP contribution in [-0.4, -0.2) is 49.2 Å². The molecule has 1 saturated heterocycles. The van der Waals surface area contributed by atoms with Gasteiger partial charge in [0.1, 0.15) is 6.61 Å². The lowest BCUT2D eigenvalue weighted by Crippen LogP contribution is -2.73. The van der Waals surface area contributed by atoms with Crippen LogP contribution in [0.1, 0.15) is 12.5 Å². The van der Waals surface area contributed by atoms with Crippen LogP contribution < -0.4 is 0 Å². The predicted molar refractivity (Wildman–Crippen MR) is 88.4 cm³/mol. The van der Waals surface area contributed by atoms with Gasteiger partial charge in [-0.15, -0.1) is 0 Å². The van der Waals surface area contributed by atoms with E-state index < -0.39 is 23.6 Å². The fourth-order valence-corrected chi connectivity index (χ4v) is 3.05. The molecule has 1 aliphatic rings. The minimum Gasteiger partial charge on any atom is -0.467 e. The van der Waals surface area contributed by atoms with Crippen molar-refractivity contribution in [1.82, 2.24) is 4.90 Å². The average molecular weight is 347 g/mol. The number of rotatable bonds is 5. The molecule has 1 aliphatic heterocycles. The summed E-state index contributed by atoms with van der Waals surface area (Å²) in [5, 5.41) is 0. The van der Waals surface area contributed by atoms with Crippen LogP contribution in [-0.2, 0) is 30.4 Å². The van der Waals surface area contributed by atoms with Crippen molar-refractivity contribution < 1.29 is 28.6 Å². The molecule has 0 bridgehead atoms. The van der Waals surface area contributed by atoms with E-state index >= 15 is 0 Å². The molecule has 0 saturated carbocycles. The van der Waals surface area contributed by atoms with Gasteiger partial charge in [0.15, 0.2) is 5.54 Å². The van der Waals surface area contributed by atoms with Crippen molar-refractivity contribution in [2.24, 2.45) is 5.92 Å². The van der Waals surface area contributed by atoms with Crippen molar-refractivity contribution >= 4 is 18.0 Å². The number of esters is 2. The second kappa shape index (κ2) is 7.38. The monoisotopic (exact) mass is 347 g/mol. The number of benzene rings is 1. The maximum absolute atomic E-state index is 12.5. The molecule has 0 unspecified atom stereocenters. The summed E-state index contributed by atoms with van der Waals surface area (Å²) in [6.45, 7) is 5.68. The molecule has 1 aromatic carbocycles. The number of ether oxygens (including phenoxy) is 3. The summed E-state index contributed by atoms with van der Waals surface area (Å²) in [5.74, 6) is -1.90. The number of nitrogens with zero attached hydrogens (tertiary/aromatic N) is 1. The lowest BCUT2D eigenvalue weighted by Gasteiger charge is -2.54. The number of amides is 1. The van der Waals surface area contributed by atoms with E-state index in [1.807, 2.05) is 30.3 Å². The van der Waals surface area contributed by atoms with Gasteiger partial charge in [0.2, 0.25) is 0 Å². The Labute approximate surface area is 146 Å². The third-order valence-electron chi connectivity index (χ3n) is 4.41. The highest BCUT2D eigenvalue weighted by Crippen LogP contribution is 2.43. The van der Waals surface area contributed by atoms with Crippen molar-refractivity contribution in [2.45, 2.75) is 19.1 Å². The van der Waals surface area contributed by atoms with E-state index in [0.717, 1.165) is 10.5 Å². The Hall–Kier alpha value is -2.83. The first-order chi connectivity index (χ1) is 11.9. The quantitative estimate of drug-likeness (QED) is 0.460. The highest BCUT2D eigenvalue weighted by Gasteiger charge is 2.64. The Bertz CT molecular complexity index is 686. The van der Waals surface area contributed by atoms with Crippen LogP contribution in [0, 0.1) is 5.92 Å². The number of methoxy groups -OCH3 is 2.